The smallest absolute Gasteiger partial charge is 0.134 e. The number of rotatable bonds is 4. The summed E-state index contributed by atoms with van der Waals surface area (Å²) >= 11 is 3.54. The van der Waals surface area contributed by atoms with Gasteiger partial charge >= 0.3 is 0 Å². The first kappa shape index (κ1) is 14.9. The third-order valence-corrected chi connectivity index (χ3v) is 5.16. The van der Waals surface area contributed by atoms with Crippen molar-refractivity contribution in [3.63, 3.8) is 0 Å². The molecule has 0 spiro atoms. The van der Waals surface area contributed by atoms with E-state index in [2.05, 4.69) is 58.5 Å². The maximum atomic E-state index is 5.98. The molecule has 2 aromatic rings. The van der Waals surface area contributed by atoms with Crippen LogP contribution in [0.25, 0.3) is 11.3 Å². The number of furan rings is 1. The van der Waals surface area contributed by atoms with Gasteiger partial charge in [0.05, 0.1) is 6.54 Å². The van der Waals surface area contributed by atoms with Crippen molar-refractivity contribution in [3.8, 4) is 11.3 Å². The van der Waals surface area contributed by atoms with E-state index < -0.39 is 0 Å². The van der Waals surface area contributed by atoms with E-state index in [0.29, 0.717) is 6.04 Å². The lowest BCUT2D eigenvalue weighted by Crippen LogP contribution is -2.30. The topological polar surface area (TPSA) is 25.2 Å². The minimum absolute atomic E-state index is 0.669. The Morgan fingerprint density at radius 1 is 1.14 bits per heavy atom. The van der Waals surface area contributed by atoms with Gasteiger partial charge in [-0.15, -0.1) is 0 Å². The van der Waals surface area contributed by atoms with E-state index >= 15 is 0 Å². The SMILES string of the molecule is Cc1cc(-c2ccc(CNC3CCCCC3)o2)ccc1Br. The molecule has 1 N–H and O–H groups in total. The minimum atomic E-state index is 0.669. The van der Waals surface area contributed by atoms with Gasteiger partial charge in [0, 0.05) is 16.1 Å². The van der Waals surface area contributed by atoms with E-state index in [1.165, 1.54) is 37.7 Å². The molecule has 0 amide bonds. The maximum absolute atomic E-state index is 5.98. The maximum Gasteiger partial charge on any atom is 0.134 e. The first-order valence-electron chi connectivity index (χ1n) is 7.81. The highest BCUT2D eigenvalue weighted by molar-refractivity contribution is 9.10. The molecule has 0 bridgehead atoms. The predicted octanol–water partition coefficient (Wildman–Crippen LogP) is 5.44. The predicted molar refractivity (Wildman–Crippen MR) is 90.3 cm³/mol. The zero-order chi connectivity index (χ0) is 14.7. The summed E-state index contributed by atoms with van der Waals surface area (Å²) < 4.78 is 7.11. The summed E-state index contributed by atoms with van der Waals surface area (Å²) in [6.45, 7) is 2.93. The molecule has 1 aliphatic rings. The first-order chi connectivity index (χ1) is 10.2. The fourth-order valence-electron chi connectivity index (χ4n) is 2.98. The van der Waals surface area contributed by atoms with Crippen LogP contribution >= 0.6 is 15.9 Å². The van der Waals surface area contributed by atoms with Gasteiger partial charge in [0.2, 0.25) is 0 Å². The monoisotopic (exact) mass is 347 g/mol. The lowest BCUT2D eigenvalue weighted by Gasteiger charge is -2.22. The molecular formula is C18H22BrNO. The number of hydrogen-bond acceptors (Lipinski definition) is 2. The summed E-state index contributed by atoms with van der Waals surface area (Å²) in [5, 5.41) is 3.62. The summed E-state index contributed by atoms with van der Waals surface area (Å²) in [5.74, 6) is 1.97. The molecule has 1 aromatic heterocycles. The second-order valence-corrected chi connectivity index (χ2v) is 6.80. The summed E-state index contributed by atoms with van der Waals surface area (Å²) in [5.41, 5.74) is 2.37. The third-order valence-electron chi connectivity index (χ3n) is 4.27. The van der Waals surface area contributed by atoms with Gasteiger partial charge in [0.15, 0.2) is 0 Å². The average molecular weight is 348 g/mol. The minimum Gasteiger partial charge on any atom is -0.460 e. The van der Waals surface area contributed by atoms with Gasteiger partial charge < -0.3 is 9.73 Å². The quantitative estimate of drug-likeness (QED) is 0.796. The van der Waals surface area contributed by atoms with Crippen molar-refractivity contribution in [2.45, 2.75) is 51.6 Å². The Morgan fingerprint density at radius 3 is 2.71 bits per heavy atom. The van der Waals surface area contributed by atoms with Crippen LogP contribution in [0, 0.1) is 6.92 Å². The van der Waals surface area contributed by atoms with Crippen LogP contribution in [0.5, 0.6) is 0 Å². The van der Waals surface area contributed by atoms with E-state index in [1.807, 2.05) is 0 Å². The van der Waals surface area contributed by atoms with Crippen LogP contribution < -0.4 is 5.32 Å². The summed E-state index contributed by atoms with van der Waals surface area (Å²) in [6.07, 6.45) is 6.73. The fourth-order valence-corrected chi connectivity index (χ4v) is 3.22. The van der Waals surface area contributed by atoms with Crippen LogP contribution in [0.15, 0.2) is 39.2 Å². The molecular weight excluding hydrogens is 326 g/mol. The van der Waals surface area contributed by atoms with Gasteiger partial charge in [0.1, 0.15) is 11.5 Å². The molecule has 0 radical (unpaired) electrons. The van der Waals surface area contributed by atoms with Crippen LogP contribution in [0.4, 0.5) is 0 Å². The van der Waals surface area contributed by atoms with Gasteiger partial charge in [0.25, 0.3) is 0 Å². The van der Waals surface area contributed by atoms with E-state index in [-0.39, 0.29) is 0 Å². The van der Waals surface area contributed by atoms with E-state index in [4.69, 9.17) is 4.42 Å². The van der Waals surface area contributed by atoms with Crippen LogP contribution in [0.2, 0.25) is 0 Å². The molecule has 21 heavy (non-hydrogen) atoms. The molecule has 0 atom stereocenters. The number of aryl methyl sites for hydroxylation is 1. The lowest BCUT2D eigenvalue weighted by molar-refractivity contribution is 0.358. The molecule has 1 aliphatic carbocycles. The second kappa shape index (κ2) is 6.80. The number of halogens is 1. The van der Waals surface area contributed by atoms with E-state index in [9.17, 15) is 0 Å². The second-order valence-electron chi connectivity index (χ2n) is 5.95. The van der Waals surface area contributed by atoms with Gasteiger partial charge in [-0.05, 0) is 49.6 Å². The highest BCUT2D eigenvalue weighted by Crippen LogP contribution is 2.27. The Kier molecular flexibility index (Phi) is 4.81. The van der Waals surface area contributed by atoms with E-state index in [1.54, 1.807) is 0 Å². The third kappa shape index (κ3) is 3.78. The van der Waals surface area contributed by atoms with Crippen LogP contribution in [0.3, 0.4) is 0 Å². The van der Waals surface area contributed by atoms with Crippen LogP contribution in [-0.4, -0.2) is 6.04 Å². The highest BCUT2D eigenvalue weighted by Gasteiger charge is 2.13. The molecule has 3 rings (SSSR count). The Labute approximate surface area is 135 Å². The molecule has 3 heteroatoms. The normalized spacial score (nSPS) is 16.3. The first-order valence-corrected chi connectivity index (χ1v) is 8.60. The molecule has 1 heterocycles. The molecule has 0 aliphatic heterocycles. The molecule has 1 fully saturated rings. The summed E-state index contributed by atoms with van der Waals surface area (Å²) in [4.78, 5) is 0. The largest absolute Gasteiger partial charge is 0.460 e. The Balaban J connectivity index is 1.63. The van der Waals surface area contributed by atoms with Crippen molar-refractivity contribution < 1.29 is 4.42 Å². The van der Waals surface area contributed by atoms with Gasteiger partial charge in [-0.2, -0.15) is 0 Å². The van der Waals surface area contributed by atoms with Crippen LogP contribution in [-0.2, 0) is 6.54 Å². The van der Waals surface area contributed by atoms with Crippen molar-refractivity contribution in [1.82, 2.24) is 5.32 Å². The molecule has 0 unspecified atom stereocenters. The molecule has 112 valence electrons. The Morgan fingerprint density at radius 2 is 1.95 bits per heavy atom. The van der Waals surface area contributed by atoms with Gasteiger partial charge in [-0.1, -0.05) is 41.3 Å². The van der Waals surface area contributed by atoms with Gasteiger partial charge in [-0.25, -0.2) is 0 Å². The molecule has 1 aromatic carbocycles. The summed E-state index contributed by atoms with van der Waals surface area (Å²) in [6, 6.07) is 11.1. The lowest BCUT2D eigenvalue weighted by atomic mass is 9.95. The van der Waals surface area contributed by atoms with Crippen molar-refractivity contribution in [3.05, 3.63) is 46.1 Å². The zero-order valence-electron chi connectivity index (χ0n) is 12.5. The standard InChI is InChI=1S/C18H22BrNO/c1-13-11-14(7-9-17(13)19)18-10-8-16(21-18)12-20-15-5-3-2-4-6-15/h7-11,15,20H,2-6,12H2,1H3. The number of hydrogen-bond donors (Lipinski definition) is 1. The number of benzene rings is 1. The zero-order valence-corrected chi connectivity index (χ0v) is 14.1. The van der Waals surface area contributed by atoms with Crippen molar-refractivity contribution in [2.75, 3.05) is 0 Å². The van der Waals surface area contributed by atoms with Gasteiger partial charge in [-0.3, -0.25) is 0 Å². The Bertz CT molecular complexity index is 599. The van der Waals surface area contributed by atoms with Crippen molar-refractivity contribution in [1.29, 1.82) is 0 Å². The molecule has 2 nitrogen and oxygen atoms in total. The van der Waals surface area contributed by atoms with Crippen molar-refractivity contribution >= 4 is 15.9 Å². The summed E-state index contributed by atoms with van der Waals surface area (Å²) in [7, 11) is 0. The average Bonchev–Trinajstić information content (AvgIpc) is 2.98. The highest BCUT2D eigenvalue weighted by atomic mass is 79.9. The molecule has 1 saturated carbocycles. The molecule has 0 saturated heterocycles. The van der Waals surface area contributed by atoms with Crippen molar-refractivity contribution in [2.24, 2.45) is 0 Å². The fraction of sp³-hybridized carbons (Fsp3) is 0.444. The van der Waals surface area contributed by atoms with E-state index in [0.717, 1.165) is 28.1 Å². The number of nitrogens with one attached hydrogen (secondary N) is 1. The van der Waals surface area contributed by atoms with Crippen LogP contribution in [0.1, 0.15) is 43.4 Å². The Hall–Kier alpha value is -1.06.